The van der Waals surface area contributed by atoms with E-state index in [4.69, 9.17) is 15.9 Å². The lowest BCUT2D eigenvalue weighted by Crippen LogP contribution is -2.52. The van der Waals surface area contributed by atoms with Crippen molar-refractivity contribution in [2.24, 2.45) is 5.92 Å². The van der Waals surface area contributed by atoms with Crippen LogP contribution in [0.25, 0.3) is 0 Å². The largest absolute Gasteiger partial charge is 0.497 e. The van der Waals surface area contributed by atoms with Gasteiger partial charge < -0.3 is 19.5 Å². The van der Waals surface area contributed by atoms with E-state index >= 15 is 0 Å². The van der Waals surface area contributed by atoms with Crippen molar-refractivity contribution in [1.82, 2.24) is 4.90 Å². The summed E-state index contributed by atoms with van der Waals surface area (Å²) in [6.07, 6.45) is 7.07. The Labute approximate surface area is 232 Å². The van der Waals surface area contributed by atoms with Crippen LogP contribution in [0.1, 0.15) is 31.7 Å². The summed E-state index contributed by atoms with van der Waals surface area (Å²) in [7, 11) is -0.685. The summed E-state index contributed by atoms with van der Waals surface area (Å²) >= 11 is 0. The smallest absolute Gasteiger partial charge is 0.265 e. The van der Waals surface area contributed by atoms with Crippen LogP contribution >= 0.6 is 0 Å². The lowest BCUT2D eigenvalue weighted by molar-refractivity contribution is -0.149. The molecule has 0 aromatic heterocycles. The van der Waals surface area contributed by atoms with Crippen molar-refractivity contribution < 1.29 is 24.2 Å². The second kappa shape index (κ2) is 10.5. The molecule has 2 aromatic carbocycles. The predicted octanol–water partition coefficient (Wildman–Crippen LogP) is 3.26. The monoisotopic (exact) mass is 546 g/mol. The van der Waals surface area contributed by atoms with E-state index in [1.165, 1.54) is 5.19 Å². The zero-order chi connectivity index (χ0) is 27.9. The third-order valence-corrected chi connectivity index (χ3v) is 13.6. The van der Waals surface area contributed by atoms with Crippen molar-refractivity contribution in [3.05, 3.63) is 54.1 Å². The molecule has 1 spiro atoms. The first kappa shape index (κ1) is 27.4. The molecule has 39 heavy (non-hydrogen) atoms. The van der Waals surface area contributed by atoms with Gasteiger partial charge in [0.25, 0.3) is 5.91 Å². The number of carbonyl (C=O) groups excluding carboxylic acids is 2. The molecule has 3 aliphatic rings. The van der Waals surface area contributed by atoms with Gasteiger partial charge in [-0.2, -0.15) is 0 Å². The Balaban J connectivity index is 1.59. The van der Waals surface area contributed by atoms with E-state index in [2.05, 4.69) is 38.1 Å². The highest BCUT2D eigenvalue weighted by Gasteiger charge is 2.66. The SMILES string of the molecule is C#CCN1C(=O)[C@]2(O[C@@H](CC(=O)N3CCC[C@H]3CO)[C@H]([Si](C)(C)c3ccc(OC)cc3)[C@H]2C)c2ccccc21. The van der Waals surface area contributed by atoms with Crippen LogP contribution in [0.3, 0.4) is 0 Å². The molecule has 3 heterocycles. The highest BCUT2D eigenvalue weighted by Crippen LogP contribution is 2.59. The zero-order valence-electron chi connectivity index (χ0n) is 23.2. The number of rotatable bonds is 7. The Bertz CT molecular complexity index is 1290. The van der Waals surface area contributed by atoms with E-state index < -0.39 is 19.8 Å². The molecule has 0 radical (unpaired) electrons. The van der Waals surface area contributed by atoms with Gasteiger partial charge in [-0.1, -0.05) is 61.5 Å². The molecule has 0 unspecified atom stereocenters. The topological polar surface area (TPSA) is 79.3 Å². The van der Waals surface area contributed by atoms with E-state index in [1.807, 2.05) is 36.4 Å². The summed E-state index contributed by atoms with van der Waals surface area (Å²) in [5, 5.41) is 11.1. The number of hydrogen-bond acceptors (Lipinski definition) is 5. The number of para-hydroxylation sites is 1. The minimum absolute atomic E-state index is 0.0236. The maximum Gasteiger partial charge on any atom is 0.265 e. The first-order valence-electron chi connectivity index (χ1n) is 13.8. The summed E-state index contributed by atoms with van der Waals surface area (Å²) in [5.74, 6) is 3.06. The van der Waals surface area contributed by atoms with Gasteiger partial charge in [-0.05, 0) is 36.6 Å². The molecular formula is C31H38N2O5Si. The molecule has 0 bridgehead atoms. The van der Waals surface area contributed by atoms with Crippen LogP contribution in [-0.4, -0.2) is 68.8 Å². The lowest BCUT2D eigenvalue weighted by Gasteiger charge is -2.37. The molecule has 206 valence electrons. The van der Waals surface area contributed by atoms with Crippen LogP contribution in [0.4, 0.5) is 5.69 Å². The molecule has 5 atom stereocenters. The van der Waals surface area contributed by atoms with Crippen molar-refractivity contribution in [2.45, 2.75) is 62.6 Å². The van der Waals surface area contributed by atoms with Crippen molar-refractivity contribution >= 4 is 30.8 Å². The molecule has 2 fully saturated rings. The Hall–Kier alpha value is -3.12. The van der Waals surface area contributed by atoms with Gasteiger partial charge in [0.05, 0.1) is 52.6 Å². The van der Waals surface area contributed by atoms with E-state index in [-0.39, 0.29) is 48.9 Å². The molecule has 1 N–H and O–H groups in total. The molecule has 5 rings (SSSR count). The second-order valence-electron chi connectivity index (χ2n) is 11.5. The number of benzene rings is 2. The normalized spacial score (nSPS) is 28.2. The van der Waals surface area contributed by atoms with Gasteiger partial charge in [0.1, 0.15) is 5.75 Å². The number of amides is 2. The summed E-state index contributed by atoms with van der Waals surface area (Å²) in [6, 6.07) is 15.7. The van der Waals surface area contributed by atoms with E-state index in [9.17, 15) is 14.7 Å². The standard InChI is InChI=1S/C31H38N2O5Si/c1-6-17-33-26-12-8-7-11-25(26)31(30(33)36)21(2)29(39(4,5)24-15-13-23(37-3)14-16-24)27(38-31)19-28(35)32-18-9-10-22(32)20-34/h1,7-8,11-16,21-22,27,29,34H,9-10,17-20H2,2-5H3/t21-,22+,27+,29-,31-/m1/s1. The molecular weight excluding hydrogens is 508 g/mol. The van der Waals surface area contributed by atoms with Gasteiger partial charge in [0.15, 0.2) is 5.60 Å². The first-order chi connectivity index (χ1) is 18.7. The average Bonchev–Trinajstić information content (AvgIpc) is 3.60. The fourth-order valence-electron chi connectivity index (χ4n) is 7.36. The van der Waals surface area contributed by atoms with Crippen molar-refractivity contribution in [1.29, 1.82) is 0 Å². The van der Waals surface area contributed by atoms with Crippen molar-refractivity contribution in [2.75, 3.05) is 31.7 Å². The number of nitrogens with zero attached hydrogens (tertiary/aromatic N) is 2. The van der Waals surface area contributed by atoms with Gasteiger partial charge in [-0.15, -0.1) is 6.42 Å². The predicted molar refractivity (Wildman–Crippen MR) is 154 cm³/mol. The van der Waals surface area contributed by atoms with Crippen LogP contribution in [0, 0.1) is 18.3 Å². The van der Waals surface area contributed by atoms with Crippen molar-refractivity contribution in [3.63, 3.8) is 0 Å². The van der Waals surface area contributed by atoms with Gasteiger partial charge in [0.2, 0.25) is 5.91 Å². The molecule has 3 aliphatic heterocycles. The number of hydrogen-bond donors (Lipinski definition) is 1. The summed E-state index contributed by atoms with van der Waals surface area (Å²) < 4.78 is 12.3. The Morgan fingerprint density at radius 3 is 2.62 bits per heavy atom. The molecule has 2 saturated heterocycles. The number of aliphatic hydroxyl groups is 1. The highest BCUT2D eigenvalue weighted by molar-refractivity contribution is 6.91. The van der Waals surface area contributed by atoms with Crippen molar-refractivity contribution in [3.8, 4) is 18.1 Å². The third-order valence-electron chi connectivity index (χ3n) is 9.28. The number of aliphatic hydroxyl groups excluding tert-OH is 1. The fraction of sp³-hybridized carbons (Fsp3) is 0.484. The number of terminal acetylenes is 1. The lowest BCUT2D eigenvalue weighted by atomic mass is 9.82. The van der Waals surface area contributed by atoms with E-state index in [0.29, 0.717) is 6.54 Å². The number of fused-ring (bicyclic) bond motifs is 2. The molecule has 0 saturated carbocycles. The minimum Gasteiger partial charge on any atom is -0.497 e. The van der Waals surface area contributed by atoms with E-state index in [0.717, 1.165) is 29.8 Å². The van der Waals surface area contributed by atoms with Gasteiger partial charge in [0, 0.05) is 18.0 Å². The van der Waals surface area contributed by atoms with Crippen LogP contribution in [0.2, 0.25) is 18.6 Å². The highest BCUT2D eigenvalue weighted by atomic mass is 28.3. The number of anilines is 1. The van der Waals surface area contributed by atoms with Gasteiger partial charge in [-0.25, -0.2) is 0 Å². The molecule has 7 nitrogen and oxygen atoms in total. The number of methoxy groups -OCH3 is 1. The third kappa shape index (κ3) is 4.28. The van der Waals surface area contributed by atoms with Gasteiger partial charge >= 0.3 is 0 Å². The zero-order valence-corrected chi connectivity index (χ0v) is 24.2. The second-order valence-corrected chi connectivity index (χ2v) is 16.2. The Kier molecular flexibility index (Phi) is 7.36. The number of likely N-dealkylation sites (tertiary alicyclic amines) is 1. The Morgan fingerprint density at radius 1 is 1.23 bits per heavy atom. The molecule has 2 amide bonds. The van der Waals surface area contributed by atoms with Crippen LogP contribution in [0.15, 0.2) is 48.5 Å². The minimum atomic E-state index is -2.34. The van der Waals surface area contributed by atoms with E-state index in [1.54, 1.807) is 16.9 Å². The maximum absolute atomic E-state index is 14.2. The molecule has 2 aromatic rings. The van der Waals surface area contributed by atoms with Gasteiger partial charge in [-0.3, -0.25) is 14.5 Å². The average molecular weight is 547 g/mol. The first-order valence-corrected chi connectivity index (χ1v) is 16.9. The number of carbonyl (C=O) groups is 2. The fourth-order valence-corrected chi connectivity index (χ4v) is 11.4. The van der Waals surface area contributed by atoms with Crippen LogP contribution in [-0.2, 0) is 19.9 Å². The quantitative estimate of drug-likeness (QED) is 0.426. The van der Waals surface area contributed by atoms with Crippen LogP contribution < -0.4 is 14.8 Å². The Morgan fingerprint density at radius 2 is 1.95 bits per heavy atom. The van der Waals surface area contributed by atoms with Crippen LogP contribution in [0.5, 0.6) is 5.75 Å². The maximum atomic E-state index is 14.2. The summed E-state index contributed by atoms with van der Waals surface area (Å²) in [5.41, 5.74) is 0.363. The summed E-state index contributed by atoms with van der Waals surface area (Å²) in [6.45, 7) is 7.46. The molecule has 0 aliphatic carbocycles. The summed E-state index contributed by atoms with van der Waals surface area (Å²) in [4.78, 5) is 31.4. The molecule has 8 heteroatoms. The number of ether oxygens (including phenoxy) is 2.